The van der Waals surface area contributed by atoms with Gasteiger partial charge in [0.1, 0.15) is 5.82 Å². The number of nitrogens with zero attached hydrogens (tertiary/aromatic N) is 5. The third-order valence-electron chi connectivity index (χ3n) is 5.30. The molecule has 1 amide bonds. The van der Waals surface area contributed by atoms with Gasteiger partial charge in [-0.2, -0.15) is 10.1 Å². The molecule has 8 heteroatoms. The zero-order valence-corrected chi connectivity index (χ0v) is 18.8. The first kappa shape index (κ1) is 21.1. The molecule has 3 aromatic carbocycles. The van der Waals surface area contributed by atoms with E-state index < -0.39 is 0 Å². The molecule has 5 rings (SSSR count). The van der Waals surface area contributed by atoms with Gasteiger partial charge in [0.15, 0.2) is 0 Å². The summed E-state index contributed by atoms with van der Waals surface area (Å²) >= 11 is 0. The van der Waals surface area contributed by atoms with Crippen LogP contribution < -0.4 is 15.5 Å². The van der Waals surface area contributed by atoms with Gasteiger partial charge in [0, 0.05) is 48.8 Å². The maximum absolute atomic E-state index is 12.6. The number of para-hydroxylation sites is 1. The van der Waals surface area contributed by atoms with Gasteiger partial charge in [-0.3, -0.25) is 4.79 Å². The Labute approximate surface area is 196 Å². The number of amides is 1. The smallest absolute Gasteiger partial charge is 0.255 e. The Kier molecular flexibility index (Phi) is 5.61. The predicted molar refractivity (Wildman–Crippen MR) is 135 cm³/mol. The molecule has 0 radical (unpaired) electrons. The van der Waals surface area contributed by atoms with Crippen molar-refractivity contribution in [2.24, 2.45) is 0 Å². The summed E-state index contributed by atoms with van der Waals surface area (Å²) < 4.78 is 1.74. The number of rotatable bonds is 6. The second-order valence-electron chi connectivity index (χ2n) is 7.94. The molecule has 2 N–H and O–H groups in total. The molecule has 0 unspecified atom stereocenters. The molecule has 0 saturated carbocycles. The summed E-state index contributed by atoms with van der Waals surface area (Å²) in [6, 6.07) is 24.5. The third-order valence-corrected chi connectivity index (χ3v) is 5.30. The van der Waals surface area contributed by atoms with Crippen molar-refractivity contribution in [1.29, 1.82) is 0 Å². The first-order chi connectivity index (χ1) is 16.6. The Balaban J connectivity index is 1.28. The SMILES string of the molecule is CN(C)c1nc(Nc2ccc(NC(=O)c3ccc(-n4cccn4)cc3)cc2)nc2ccccc12. The third kappa shape index (κ3) is 4.42. The van der Waals surface area contributed by atoms with Crippen LogP contribution in [-0.4, -0.2) is 39.8 Å². The molecule has 2 heterocycles. The van der Waals surface area contributed by atoms with Gasteiger partial charge in [0.25, 0.3) is 5.91 Å². The topological polar surface area (TPSA) is 88.0 Å². The molecule has 0 bridgehead atoms. The number of anilines is 4. The molecule has 34 heavy (non-hydrogen) atoms. The highest BCUT2D eigenvalue weighted by Crippen LogP contribution is 2.25. The highest BCUT2D eigenvalue weighted by molar-refractivity contribution is 6.04. The molecule has 0 aliphatic heterocycles. The van der Waals surface area contributed by atoms with Crippen LogP contribution >= 0.6 is 0 Å². The van der Waals surface area contributed by atoms with Gasteiger partial charge in [-0.1, -0.05) is 12.1 Å². The highest BCUT2D eigenvalue weighted by atomic mass is 16.1. The Morgan fingerprint density at radius 1 is 0.853 bits per heavy atom. The fourth-order valence-electron chi connectivity index (χ4n) is 3.61. The van der Waals surface area contributed by atoms with E-state index in [-0.39, 0.29) is 5.91 Å². The highest BCUT2D eigenvalue weighted by Gasteiger charge is 2.10. The standard InChI is InChI=1S/C26H23N7O/c1-32(2)24-22-6-3-4-7-23(22)30-26(31-24)29-20-12-10-19(11-13-20)28-25(34)18-8-14-21(15-9-18)33-17-5-16-27-33/h3-17H,1-2H3,(H,28,34)(H,29,30,31). The Morgan fingerprint density at radius 3 is 2.29 bits per heavy atom. The second kappa shape index (κ2) is 9.03. The van der Waals surface area contributed by atoms with E-state index in [1.165, 1.54) is 0 Å². The van der Waals surface area contributed by atoms with Crippen LogP contribution in [0.15, 0.2) is 91.3 Å². The maximum Gasteiger partial charge on any atom is 0.255 e. The zero-order valence-electron chi connectivity index (χ0n) is 18.8. The molecule has 168 valence electrons. The van der Waals surface area contributed by atoms with Gasteiger partial charge in [0.2, 0.25) is 5.95 Å². The van der Waals surface area contributed by atoms with Crippen molar-refractivity contribution in [1.82, 2.24) is 19.7 Å². The van der Waals surface area contributed by atoms with E-state index in [2.05, 4.69) is 25.7 Å². The van der Waals surface area contributed by atoms with Crippen molar-refractivity contribution < 1.29 is 4.79 Å². The molecule has 5 aromatic rings. The van der Waals surface area contributed by atoms with Crippen LogP contribution in [0.25, 0.3) is 16.6 Å². The van der Waals surface area contributed by atoms with Crippen LogP contribution in [0.5, 0.6) is 0 Å². The van der Waals surface area contributed by atoms with Gasteiger partial charge in [-0.05, 0) is 66.7 Å². The van der Waals surface area contributed by atoms with E-state index in [1.54, 1.807) is 23.0 Å². The summed E-state index contributed by atoms with van der Waals surface area (Å²) in [5.74, 6) is 1.17. The zero-order chi connectivity index (χ0) is 23.5. The largest absolute Gasteiger partial charge is 0.362 e. The fourth-order valence-corrected chi connectivity index (χ4v) is 3.61. The van der Waals surface area contributed by atoms with E-state index >= 15 is 0 Å². The Bertz CT molecular complexity index is 1430. The van der Waals surface area contributed by atoms with Crippen molar-refractivity contribution in [2.75, 3.05) is 29.6 Å². The number of hydrogen-bond acceptors (Lipinski definition) is 6. The van der Waals surface area contributed by atoms with Crippen molar-refractivity contribution >= 4 is 40.0 Å². The Morgan fingerprint density at radius 2 is 1.59 bits per heavy atom. The summed E-state index contributed by atoms with van der Waals surface area (Å²) in [5.41, 5.74) is 3.84. The molecule has 0 aliphatic carbocycles. The molecule has 8 nitrogen and oxygen atoms in total. The van der Waals surface area contributed by atoms with Crippen molar-refractivity contribution in [3.63, 3.8) is 0 Å². The molecule has 0 atom stereocenters. The van der Waals surface area contributed by atoms with Gasteiger partial charge in [0.05, 0.1) is 11.2 Å². The summed E-state index contributed by atoms with van der Waals surface area (Å²) in [6.07, 6.45) is 3.57. The lowest BCUT2D eigenvalue weighted by Crippen LogP contribution is -2.13. The lowest BCUT2D eigenvalue weighted by molar-refractivity contribution is 0.102. The average molecular weight is 450 g/mol. The van der Waals surface area contributed by atoms with Crippen LogP contribution in [0.4, 0.5) is 23.1 Å². The van der Waals surface area contributed by atoms with E-state index in [1.807, 2.05) is 91.9 Å². The van der Waals surface area contributed by atoms with Gasteiger partial charge >= 0.3 is 0 Å². The number of fused-ring (bicyclic) bond motifs is 1. The Hall–Kier alpha value is -4.72. The predicted octanol–water partition coefficient (Wildman–Crippen LogP) is 4.88. The quantitative estimate of drug-likeness (QED) is 0.384. The number of carbonyl (C=O) groups excluding carboxylic acids is 1. The minimum Gasteiger partial charge on any atom is -0.362 e. The molecule has 2 aromatic heterocycles. The molecule has 0 aliphatic rings. The lowest BCUT2D eigenvalue weighted by Gasteiger charge is -2.16. The summed E-state index contributed by atoms with van der Waals surface area (Å²) in [5, 5.41) is 11.4. The molecule has 0 spiro atoms. The minimum absolute atomic E-state index is 0.179. The number of aromatic nitrogens is 4. The first-order valence-corrected chi connectivity index (χ1v) is 10.8. The van der Waals surface area contributed by atoms with Crippen LogP contribution in [0.3, 0.4) is 0 Å². The monoisotopic (exact) mass is 449 g/mol. The van der Waals surface area contributed by atoms with Crippen molar-refractivity contribution in [3.8, 4) is 5.69 Å². The molecular formula is C26H23N7O. The number of hydrogen-bond donors (Lipinski definition) is 2. The van der Waals surface area contributed by atoms with E-state index in [0.717, 1.165) is 28.1 Å². The number of nitrogens with one attached hydrogen (secondary N) is 2. The summed E-state index contributed by atoms with van der Waals surface area (Å²) in [4.78, 5) is 23.9. The van der Waals surface area contributed by atoms with Gasteiger partial charge in [-0.25, -0.2) is 9.67 Å². The molecular weight excluding hydrogens is 426 g/mol. The fraction of sp³-hybridized carbons (Fsp3) is 0.0769. The van der Waals surface area contributed by atoms with Crippen LogP contribution in [0, 0.1) is 0 Å². The molecule has 0 saturated heterocycles. The van der Waals surface area contributed by atoms with Crippen molar-refractivity contribution in [3.05, 3.63) is 96.8 Å². The second-order valence-corrected chi connectivity index (χ2v) is 7.94. The lowest BCUT2D eigenvalue weighted by atomic mass is 10.2. The van der Waals surface area contributed by atoms with E-state index in [0.29, 0.717) is 17.2 Å². The van der Waals surface area contributed by atoms with Crippen LogP contribution in [0.2, 0.25) is 0 Å². The number of benzene rings is 3. The first-order valence-electron chi connectivity index (χ1n) is 10.8. The average Bonchev–Trinajstić information content (AvgIpc) is 3.40. The van der Waals surface area contributed by atoms with Crippen LogP contribution in [0.1, 0.15) is 10.4 Å². The normalized spacial score (nSPS) is 10.8. The van der Waals surface area contributed by atoms with Gasteiger partial charge < -0.3 is 15.5 Å². The van der Waals surface area contributed by atoms with Gasteiger partial charge in [-0.15, -0.1) is 0 Å². The molecule has 0 fully saturated rings. The summed E-state index contributed by atoms with van der Waals surface area (Å²) in [6.45, 7) is 0. The van der Waals surface area contributed by atoms with E-state index in [9.17, 15) is 4.79 Å². The minimum atomic E-state index is -0.179. The number of carbonyl (C=O) groups is 1. The summed E-state index contributed by atoms with van der Waals surface area (Å²) in [7, 11) is 3.92. The van der Waals surface area contributed by atoms with Crippen LogP contribution in [-0.2, 0) is 0 Å². The van der Waals surface area contributed by atoms with E-state index in [4.69, 9.17) is 0 Å². The van der Waals surface area contributed by atoms with Crippen molar-refractivity contribution in [2.45, 2.75) is 0 Å². The maximum atomic E-state index is 12.6.